The van der Waals surface area contributed by atoms with Crippen LogP contribution in [-0.2, 0) is 14.3 Å². The summed E-state index contributed by atoms with van der Waals surface area (Å²) in [6, 6.07) is 0. The minimum absolute atomic E-state index is 0.00496. The third kappa shape index (κ3) is 15.9. The number of Topliss-reactive ketones (excluding diaryl/α,β-unsaturated/α-hetero) is 2. The van der Waals surface area contributed by atoms with E-state index in [-0.39, 0.29) is 11.6 Å². The number of carbonyl (C=O) groups excluding carboxylic acids is 2. The van der Waals surface area contributed by atoms with Crippen LogP contribution in [0.3, 0.4) is 0 Å². The van der Waals surface area contributed by atoms with Crippen LogP contribution in [0.2, 0.25) is 0 Å². The molecule has 0 bridgehead atoms. The van der Waals surface area contributed by atoms with Crippen molar-refractivity contribution >= 4 is 11.6 Å². The molecule has 1 saturated heterocycles. The second-order valence-electron chi connectivity index (χ2n) is 13.7. The molecule has 0 aliphatic carbocycles. The summed E-state index contributed by atoms with van der Waals surface area (Å²) in [4.78, 5) is 53.7. The third-order valence-corrected chi connectivity index (χ3v) is 9.61. The summed E-state index contributed by atoms with van der Waals surface area (Å²) in [5.74, 6) is -0.773. The van der Waals surface area contributed by atoms with Gasteiger partial charge in [0.2, 0.25) is 0 Å². The Morgan fingerprint density at radius 1 is 0.689 bits per heavy atom. The molecule has 0 radical (unpaired) electrons. The van der Waals surface area contributed by atoms with E-state index in [9.17, 15) is 19.2 Å². The second-order valence-corrected chi connectivity index (χ2v) is 13.7. The normalized spacial score (nSPS) is 16.5. The molecule has 1 aromatic rings. The van der Waals surface area contributed by atoms with Crippen LogP contribution >= 0.6 is 0 Å². The van der Waals surface area contributed by atoms with Gasteiger partial charge < -0.3 is 4.74 Å². The van der Waals surface area contributed by atoms with E-state index in [0.717, 1.165) is 38.5 Å². The maximum atomic E-state index is 13.5. The predicted octanol–water partition coefficient (Wildman–Crippen LogP) is 9.68. The Kier molecular flexibility index (Phi) is 21.1. The van der Waals surface area contributed by atoms with Gasteiger partial charge in [-0.1, -0.05) is 142 Å². The molecule has 2 atom stereocenters. The zero-order chi connectivity index (χ0) is 32.7. The Labute approximate surface area is 273 Å². The highest BCUT2D eigenvalue weighted by molar-refractivity contribution is 6.03. The number of aromatic amines is 1. The number of hydrogen-bond donors (Lipinski definition) is 1. The summed E-state index contributed by atoms with van der Waals surface area (Å²) in [5, 5.41) is 0. The number of rotatable bonds is 28. The molecule has 1 fully saturated rings. The van der Waals surface area contributed by atoms with Crippen molar-refractivity contribution in [3.8, 4) is 0 Å². The number of aryl methyl sites for hydroxylation is 1. The highest BCUT2D eigenvalue weighted by atomic mass is 16.5. The molecule has 1 aliphatic rings. The van der Waals surface area contributed by atoms with Gasteiger partial charge in [-0.15, -0.1) is 0 Å². The molecular weight excluding hydrogens is 564 g/mol. The number of nitrogens with one attached hydrogen (secondary N) is 1. The average Bonchev–Trinajstić information content (AvgIpc) is 3.49. The minimum Gasteiger partial charge on any atom is -0.353 e. The van der Waals surface area contributed by atoms with Gasteiger partial charge in [-0.3, -0.25) is 23.9 Å². The number of unbranched alkanes of at least 4 members (excludes halogenated alkanes) is 20. The fourth-order valence-electron chi connectivity index (χ4n) is 6.73. The number of aromatic nitrogens is 2. The van der Waals surface area contributed by atoms with Gasteiger partial charge in [0.25, 0.3) is 5.56 Å². The number of hydrogen-bond acceptors (Lipinski definition) is 5. The zero-order valence-electron chi connectivity index (χ0n) is 29.2. The van der Waals surface area contributed by atoms with Gasteiger partial charge in [-0.2, -0.15) is 0 Å². The van der Waals surface area contributed by atoms with Gasteiger partial charge in [0.15, 0.2) is 0 Å². The maximum absolute atomic E-state index is 13.5. The van der Waals surface area contributed by atoms with Crippen molar-refractivity contribution in [2.45, 2.75) is 200 Å². The van der Waals surface area contributed by atoms with Crippen molar-refractivity contribution in [2.75, 3.05) is 0 Å². The van der Waals surface area contributed by atoms with E-state index in [0.29, 0.717) is 31.2 Å². The lowest BCUT2D eigenvalue weighted by Gasteiger charge is -2.23. The summed E-state index contributed by atoms with van der Waals surface area (Å²) in [6.45, 7) is 6.15. The molecule has 7 nitrogen and oxygen atoms in total. The lowest BCUT2D eigenvalue weighted by Crippen LogP contribution is -2.37. The second kappa shape index (κ2) is 24.2. The Hall–Kier alpha value is -2.02. The molecule has 0 aromatic carbocycles. The van der Waals surface area contributed by atoms with Crippen LogP contribution in [-0.4, -0.2) is 27.2 Å². The first-order chi connectivity index (χ1) is 21.9. The van der Waals surface area contributed by atoms with Crippen molar-refractivity contribution in [1.82, 2.24) is 9.55 Å². The van der Waals surface area contributed by atoms with Crippen molar-refractivity contribution in [2.24, 2.45) is 5.92 Å². The first-order valence-electron chi connectivity index (χ1n) is 18.9. The van der Waals surface area contributed by atoms with Gasteiger partial charge in [0.05, 0.1) is 6.10 Å². The van der Waals surface area contributed by atoms with E-state index in [1.54, 1.807) is 6.92 Å². The van der Waals surface area contributed by atoms with Crippen LogP contribution in [0.5, 0.6) is 0 Å². The minimum atomic E-state index is -0.763. The fourth-order valence-corrected chi connectivity index (χ4v) is 6.73. The van der Waals surface area contributed by atoms with Crippen molar-refractivity contribution in [1.29, 1.82) is 0 Å². The number of ether oxygens (including phenoxy) is 1. The number of H-pyrrole nitrogens is 1. The monoisotopic (exact) mass is 630 g/mol. The Balaban J connectivity index is 1.82. The van der Waals surface area contributed by atoms with Crippen LogP contribution in [0.15, 0.2) is 15.8 Å². The van der Waals surface area contributed by atoms with E-state index < -0.39 is 29.5 Å². The van der Waals surface area contributed by atoms with Gasteiger partial charge >= 0.3 is 5.69 Å². The topological polar surface area (TPSA) is 98.2 Å². The molecule has 1 N–H and O–H groups in total. The summed E-state index contributed by atoms with van der Waals surface area (Å²) < 4.78 is 7.64. The van der Waals surface area contributed by atoms with Crippen LogP contribution in [0.4, 0.5) is 0 Å². The Bertz CT molecular complexity index is 1020. The molecule has 0 spiro atoms. The Morgan fingerprint density at radius 3 is 1.51 bits per heavy atom. The van der Waals surface area contributed by atoms with Gasteiger partial charge in [0, 0.05) is 24.6 Å². The van der Waals surface area contributed by atoms with Crippen molar-refractivity contribution in [3.05, 3.63) is 32.6 Å². The fraction of sp³-hybridized carbons (Fsp3) is 0.842. The Morgan fingerprint density at radius 2 is 1.09 bits per heavy atom. The standard InChI is InChI=1S/C38H66N2O5/c1-4-6-8-10-12-14-16-18-20-22-24-26-32(41)36(33(42)27-25-23-21-19-17-15-13-11-9-7-5-2)34-28-29-35(45-34)40-30-31(3)37(43)39-38(40)44/h30,34-36H,4-29H2,1-3H3,(H,39,43,44)/t34-,35+/m0/s1. The quantitative estimate of drug-likeness (QED) is 0.0734. The first kappa shape index (κ1) is 39.2. The van der Waals surface area contributed by atoms with Crippen LogP contribution in [0.1, 0.15) is 193 Å². The molecule has 1 aromatic heterocycles. The average molecular weight is 631 g/mol. The maximum Gasteiger partial charge on any atom is 0.330 e. The third-order valence-electron chi connectivity index (χ3n) is 9.61. The van der Waals surface area contributed by atoms with Crippen LogP contribution in [0, 0.1) is 12.8 Å². The van der Waals surface area contributed by atoms with E-state index in [1.165, 1.54) is 113 Å². The van der Waals surface area contributed by atoms with E-state index in [2.05, 4.69) is 18.8 Å². The van der Waals surface area contributed by atoms with Crippen molar-refractivity contribution in [3.63, 3.8) is 0 Å². The molecular formula is C38H66N2O5. The van der Waals surface area contributed by atoms with Crippen molar-refractivity contribution < 1.29 is 14.3 Å². The van der Waals surface area contributed by atoms with Crippen LogP contribution in [0.25, 0.3) is 0 Å². The van der Waals surface area contributed by atoms with E-state index >= 15 is 0 Å². The predicted molar refractivity (Wildman–Crippen MR) is 185 cm³/mol. The lowest BCUT2D eigenvalue weighted by molar-refractivity contribution is -0.140. The molecule has 0 saturated carbocycles. The van der Waals surface area contributed by atoms with Gasteiger partial charge in [-0.25, -0.2) is 4.79 Å². The van der Waals surface area contributed by atoms with E-state index in [4.69, 9.17) is 4.74 Å². The molecule has 0 unspecified atom stereocenters. The van der Waals surface area contributed by atoms with Crippen LogP contribution < -0.4 is 11.2 Å². The number of ketones is 2. The molecule has 1 aliphatic heterocycles. The summed E-state index contributed by atoms with van der Waals surface area (Å²) in [5.41, 5.74) is -0.501. The summed E-state index contributed by atoms with van der Waals surface area (Å²) in [7, 11) is 0. The molecule has 45 heavy (non-hydrogen) atoms. The molecule has 0 amide bonds. The first-order valence-corrected chi connectivity index (χ1v) is 18.9. The molecule has 258 valence electrons. The van der Waals surface area contributed by atoms with E-state index in [1.807, 2.05) is 0 Å². The summed E-state index contributed by atoms with van der Waals surface area (Å²) >= 11 is 0. The highest BCUT2D eigenvalue weighted by Crippen LogP contribution is 2.34. The summed E-state index contributed by atoms with van der Waals surface area (Å²) in [6.07, 6.45) is 29.1. The number of nitrogens with zero attached hydrogens (tertiary/aromatic N) is 1. The SMILES string of the molecule is CCCCCCCCCCCCCC(=O)C(C(=O)CCCCCCCCCCCCC)[C@@H]1CC[C@H](n2cc(C)c(=O)[nH]c2=O)O1. The van der Waals surface area contributed by atoms with Gasteiger partial charge in [-0.05, 0) is 32.6 Å². The highest BCUT2D eigenvalue weighted by Gasteiger charge is 2.40. The van der Waals surface area contributed by atoms with Gasteiger partial charge in [0.1, 0.15) is 23.7 Å². The largest absolute Gasteiger partial charge is 0.353 e. The molecule has 7 heteroatoms. The lowest BCUT2D eigenvalue weighted by atomic mass is 9.86. The zero-order valence-corrected chi connectivity index (χ0v) is 29.2. The molecule has 2 rings (SSSR count). The number of carbonyl (C=O) groups is 2. The molecule has 2 heterocycles. The smallest absolute Gasteiger partial charge is 0.330 e.